The zero-order valence-corrected chi connectivity index (χ0v) is 11.3. The van der Waals surface area contributed by atoms with Crippen molar-refractivity contribution < 1.29 is 0 Å². The van der Waals surface area contributed by atoms with Crippen molar-refractivity contribution in [3.05, 3.63) is 60.4 Å². The van der Waals surface area contributed by atoms with E-state index in [9.17, 15) is 0 Å². The van der Waals surface area contributed by atoms with E-state index < -0.39 is 0 Å². The lowest BCUT2D eigenvalue weighted by atomic mass is 10.1. The normalized spacial score (nSPS) is 14.1. The van der Waals surface area contributed by atoms with E-state index in [1.807, 2.05) is 30.2 Å². The quantitative estimate of drug-likeness (QED) is 0.832. The fourth-order valence-electron chi connectivity index (χ4n) is 1.82. The number of hydrogen-bond donors (Lipinski definition) is 1. The lowest BCUT2D eigenvalue weighted by Gasteiger charge is -2.22. The van der Waals surface area contributed by atoms with Gasteiger partial charge in [0.1, 0.15) is 0 Å². The molecule has 2 aromatic rings. The molecular weight excluding hydrogens is 240 g/mol. The molecule has 3 heteroatoms. The minimum Gasteiger partial charge on any atom is -0.326 e. The Bertz CT molecular complexity index is 458. The van der Waals surface area contributed by atoms with Crippen LogP contribution >= 0.6 is 11.8 Å². The van der Waals surface area contributed by atoms with Crippen LogP contribution in [0.3, 0.4) is 0 Å². The average molecular weight is 258 g/mol. The molecule has 18 heavy (non-hydrogen) atoms. The third-order valence-corrected chi connectivity index (χ3v) is 4.32. The summed E-state index contributed by atoms with van der Waals surface area (Å²) in [5.74, 6) is 0. The van der Waals surface area contributed by atoms with Crippen LogP contribution in [0.4, 0.5) is 0 Å². The van der Waals surface area contributed by atoms with E-state index in [0.29, 0.717) is 0 Å². The van der Waals surface area contributed by atoms with Crippen molar-refractivity contribution in [3.63, 3.8) is 0 Å². The Morgan fingerprint density at radius 2 is 1.78 bits per heavy atom. The van der Waals surface area contributed by atoms with E-state index in [1.54, 1.807) is 0 Å². The Balaban J connectivity index is 2.21. The standard InChI is InChI=1S/C15H18N2S/c1-2-14(16)15(12-8-10-17-11-9-12)18-13-6-4-3-5-7-13/h3-11,14-15H,2,16H2,1H3. The van der Waals surface area contributed by atoms with Gasteiger partial charge in [0.15, 0.2) is 0 Å². The predicted octanol–water partition coefficient (Wildman–Crippen LogP) is 3.65. The van der Waals surface area contributed by atoms with Gasteiger partial charge in [-0.05, 0) is 36.2 Å². The number of nitrogens with two attached hydrogens (primary N) is 1. The molecule has 0 spiro atoms. The maximum Gasteiger partial charge on any atom is 0.0496 e. The van der Waals surface area contributed by atoms with Crippen molar-refractivity contribution >= 4 is 11.8 Å². The monoisotopic (exact) mass is 258 g/mol. The van der Waals surface area contributed by atoms with Gasteiger partial charge in [0.05, 0.1) is 0 Å². The molecule has 0 bridgehead atoms. The SMILES string of the molecule is CCC(N)C(Sc1ccccc1)c1ccncc1. The predicted molar refractivity (Wildman–Crippen MR) is 77.5 cm³/mol. The van der Waals surface area contributed by atoms with Crippen LogP contribution < -0.4 is 5.73 Å². The Morgan fingerprint density at radius 3 is 2.39 bits per heavy atom. The molecule has 0 aliphatic heterocycles. The van der Waals surface area contributed by atoms with Crippen LogP contribution in [0.2, 0.25) is 0 Å². The van der Waals surface area contributed by atoms with E-state index in [0.717, 1.165) is 6.42 Å². The summed E-state index contributed by atoms with van der Waals surface area (Å²) in [5.41, 5.74) is 7.50. The first-order valence-corrected chi connectivity index (χ1v) is 7.06. The van der Waals surface area contributed by atoms with Gasteiger partial charge in [0, 0.05) is 28.6 Å². The summed E-state index contributed by atoms with van der Waals surface area (Å²) in [6, 6.07) is 14.7. The Labute approximate surface area is 113 Å². The Morgan fingerprint density at radius 1 is 1.11 bits per heavy atom. The molecule has 0 aliphatic carbocycles. The van der Waals surface area contributed by atoms with Gasteiger partial charge in [-0.15, -0.1) is 11.8 Å². The molecule has 1 aromatic heterocycles. The topological polar surface area (TPSA) is 38.9 Å². The average Bonchev–Trinajstić information content (AvgIpc) is 2.46. The van der Waals surface area contributed by atoms with Gasteiger partial charge in [-0.1, -0.05) is 25.1 Å². The first-order chi connectivity index (χ1) is 8.81. The Hall–Kier alpha value is -1.32. The van der Waals surface area contributed by atoms with Gasteiger partial charge in [-0.2, -0.15) is 0 Å². The van der Waals surface area contributed by atoms with E-state index in [1.165, 1.54) is 10.5 Å². The van der Waals surface area contributed by atoms with E-state index in [-0.39, 0.29) is 11.3 Å². The van der Waals surface area contributed by atoms with Crippen molar-refractivity contribution in [2.45, 2.75) is 29.5 Å². The van der Waals surface area contributed by atoms with Crippen LogP contribution in [0.15, 0.2) is 59.8 Å². The molecule has 2 rings (SSSR count). The van der Waals surface area contributed by atoms with Gasteiger partial charge in [-0.3, -0.25) is 4.98 Å². The van der Waals surface area contributed by atoms with Crippen LogP contribution in [0, 0.1) is 0 Å². The highest BCUT2D eigenvalue weighted by molar-refractivity contribution is 7.99. The van der Waals surface area contributed by atoms with Crippen molar-refractivity contribution in [2.75, 3.05) is 0 Å². The van der Waals surface area contributed by atoms with Crippen molar-refractivity contribution in [1.82, 2.24) is 4.98 Å². The maximum absolute atomic E-state index is 6.26. The molecular formula is C15H18N2S. The summed E-state index contributed by atoms with van der Waals surface area (Å²) in [5, 5.41) is 0.278. The highest BCUT2D eigenvalue weighted by Gasteiger charge is 2.19. The molecule has 1 aromatic carbocycles. The van der Waals surface area contributed by atoms with Crippen LogP contribution in [0.1, 0.15) is 24.2 Å². The van der Waals surface area contributed by atoms with Crippen molar-refractivity contribution in [2.24, 2.45) is 5.73 Å². The molecule has 0 saturated heterocycles. The summed E-state index contributed by atoms with van der Waals surface area (Å²) in [6.45, 7) is 2.13. The van der Waals surface area contributed by atoms with E-state index in [4.69, 9.17) is 5.73 Å². The number of aromatic nitrogens is 1. The molecule has 0 saturated carbocycles. The van der Waals surface area contributed by atoms with Gasteiger partial charge in [0.25, 0.3) is 0 Å². The summed E-state index contributed by atoms with van der Waals surface area (Å²) in [4.78, 5) is 5.32. The lowest BCUT2D eigenvalue weighted by molar-refractivity contribution is 0.634. The molecule has 2 nitrogen and oxygen atoms in total. The second kappa shape index (κ2) is 6.57. The number of nitrogens with zero attached hydrogens (tertiary/aromatic N) is 1. The number of pyridine rings is 1. The molecule has 2 N–H and O–H groups in total. The fourth-order valence-corrected chi connectivity index (χ4v) is 3.08. The Kier molecular flexibility index (Phi) is 4.79. The number of rotatable bonds is 5. The van der Waals surface area contributed by atoms with Crippen LogP contribution in [-0.2, 0) is 0 Å². The number of benzene rings is 1. The minimum atomic E-state index is 0.151. The van der Waals surface area contributed by atoms with Gasteiger partial charge in [0.2, 0.25) is 0 Å². The molecule has 0 radical (unpaired) electrons. The van der Waals surface area contributed by atoms with Crippen LogP contribution in [0.5, 0.6) is 0 Å². The number of hydrogen-bond acceptors (Lipinski definition) is 3. The zero-order valence-electron chi connectivity index (χ0n) is 10.5. The summed E-state index contributed by atoms with van der Waals surface area (Å²) in [6.07, 6.45) is 4.62. The van der Waals surface area contributed by atoms with Gasteiger partial charge in [-0.25, -0.2) is 0 Å². The summed E-state index contributed by atoms with van der Waals surface area (Å²) < 4.78 is 0. The van der Waals surface area contributed by atoms with Crippen LogP contribution in [0.25, 0.3) is 0 Å². The molecule has 0 aliphatic rings. The third kappa shape index (κ3) is 3.34. The molecule has 2 atom stereocenters. The smallest absolute Gasteiger partial charge is 0.0496 e. The lowest BCUT2D eigenvalue weighted by Crippen LogP contribution is -2.25. The highest BCUT2D eigenvalue weighted by atomic mass is 32.2. The summed E-state index contributed by atoms with van der Waals surface area (Å²) >= 11 is 1.82. The highest BCUT2D eigenvalue weighted by Crippen LogP contribution is 2.37. The first kappa shape index (κ1) is 13.1. The van der Waals surface area contributed by atoms with Gasteiger partial charge >= 0.3 is 0 Å². The fraction of sp³-hybridized carbons (Fsp3) is 0.267. The summed E-state index contributed by atoms with van der Waals surface area (Å²) in [7, 11) is 0. The minimum absolute atomic E-state index is 0.151. The largest absolute Gasteiger partial charge is 0.326 e. The zero-order chi connectivity index (χ0) is 12.8. The second-order valence-electron chi connectivity index (χ2n) is 4.20. The first-order valence-electron chi connectivity index (χ1n) is 6.18. The van der Waals surface area contributed by atoms with E-state index >= 15 is 0 Å². The molecule has 1 heterocycles. The number of thioether (sulfide) groups is 1. The van der Waals surface area contributed by atoms with Crippen molar-refractivity contribution in [1.29, 1.82) is 0 Å². The molecule has 94 valence electrons. The van der Waals surface area contributed by atoms with Crippen LogP contribution in [-0.4, -0.2) is 11.0 Å². The second-order valence-corrected chi connectivity index (χ2v) is 5.42. The third-order valence-electron chi connectivity index (χ3n) is 2.90. The van der Waals surface area contributed by atoms with Crippen molar-refractivity contribution in [3.8, 4) is 0 Å². The molecule has 0 amide bonds. The molecule has 0 fully saturated rings. The van der Waals surface area contributed by atoms with E-state index in [2.05, 4.69) is 48.3 Å². The van der Waals surface area contributed by atoms with Gasteiger partial charge < -0.3 is 5.73 Å². The maximum atomic E-state index is 6.26. The molecule has 2 unspecified atom stereocenters.